The van der Waals surface area contributed by atoms with E-state index in [-0.39, 0.29) is 11.9 Å². The SMILES string of the molecule is CCc1ccc(S(=O)(=O)N2CCN(C(C)C(N)=O)CC2)s1. The number of carbonyl (C=O) groups is 1. The van der Waals surface area contributed by atoms with E-state index in [0.717, 1.165) is 11.3 Å². The molecule has 1 aliphatic heterocycles. The number of rotatable bonds is 5. The lowest BCUT2D eigenvalue weighted by molar-refractivity contribution is -0.123. The lowest BCUT2D eigenvalue weighted by Gasteiger charge is -2.35. The second-order valence-electron chi connectivity index (χ2n) is 5.09. The summed E-state index contributed by atoms with van der Waals surface area (Å²) in [5.41, 5.74) is 5.29. The molecule has 1 saturated heterocycles. The van der Waals surface area contributed by atoms with Crippen molar-refractivity contribution >= 4 is 27.3 Å². The highest BCUT2D eigenvalue weighted by molar-refractivity contribution is 7.91. The first-order valence-electron chi connectivity index (χ1n) is 6.98. The standard InChI is InChI=1S/C13H21N3O3S2/c1-3-11-4-5-12(20-11)21(18,19)16-8-6-15(7-9-16)10(2)13(14)17/h4-5,10H,3,6-9H2,1-2H3,(H2,14,17). The van der Waals surface area contributed by atoms with Crippen LogP contribution in [0.1, 0.15) is 18.7 Å². The molecule has 0 bridgehead atoms. The van der Waals surface area contributed by atoms with Crippen molar-refractivity contribution in [3.63, 3.8) is 0 Å². The quantitative estimate of drug-likeness (QED) is 0.851. The maximum atomic E-state index is 12.6. The van der Waals surface area contributed by atoms with Gasteiger partial charge in [-0.1, -0.05) is 6.92 Å². The van der Waals surface area contributed by atoms with Gasteiger partial charge >= 0.3 is 0 Å². The van der Waals surface area contributed by atoms with E-state index in [1.54, 1.807) is 13.0 Å². The summed E-state index contributed by atoms with van der Waals surface area (Å²) in [6.45, 7) is 5.58. The van der Waals surface area contributed by atoms with Crippen molar-refractivity contribution in [2.45, 2.75) is 30.5 Å². The summed E-state index contributed by atoms with van der Waals surface area (Å²) < 4.78 is 27.0. The molecule has 0 aromatic carbocycles. The minimum atomic E-state index is -3.41. The molecule has 118 valence electrons. The summed E-state index contributed by atoms with van der Waals surface area (Å²) in [7, 11) is -3.41. The van der Waals surface area contributed by atoms with Crippen LogP contribution in [0.15, 0.2) is 16.3 Å². The number of sulfonamides is 1. The van der Waals surface area contributed by atoms with Crippen molar-refractivity contribution in [3.05, 3.63) is 17.0 Å². The van der Waals surface area contributed by atoms with Gasteiger partial charge in [0.15, 0.2) is 0 Å². The molecular weight excluding hydrogens is 310 g/mol. The first-order chi connectivity index (χ1) is 9.86. The molecule has 0 spiro atoms. The van der Waals surface area contributed by atoms with Gasteiger partial charge in [-0.25, -0.2) is 8.42 Å². The van der Waals surface area contributed by atoms with Gasteiger partial charge < -0.3 is 5.73 Å². The molecular formula is C13H21N3O3S2. The molecule has 0 aliphatic carbocycles. The Balaban J connectivity index is 2.05. The number of primary amides is 1. The van der Waals surface area contributed by atoms with Crippen LogP contribution in [-0.2, 0) is 21.2 Å². The number of hydrogen-bond donors (Lipinski definition) is 1. The Labute approximate surface area is 129 Å². The van der Waals surface area contributed by atoms with E-state index in [2.05, 4.69) is 0 Å². The van der Waals surface area contributed by atoms with Gasteiger partial charge in [-0.2, -0.15) is 4.31 Å². The van der Waals surface area contributed by atoms with Crippen LogP contribution in [0.4, 0.5) is 0 Å². The molecule has 1 atom stereocenters. The summed E-state index contributed by atoms with van der Waals surface area (Å²) in [4.78, 5) is 14.2. The van der Waals surface area contributed by atoms with Crippen molar-refractivity contribution in [2.24, 2.45) is 5.73 Å². The van der Waals surface area contributed by atoms with Gasteiger partial charge in [-0.15, -0.1) is 11.3 Å². The zero-order valence-corrected chi connectivity index (χ0v) is 13.9. The number of hydrogen-bond acceptors (Lipinski definition) is 5. The maximum Gasteiger partial charge on any atom is 0.252 e. The highest BCUT2D eigenvalue weighted by Gasteiger charge is 2.31. The third-order valence-corrected chi connectivity index (χ3v) is 7.41. The minimum Gasteiger partial charge on any atom is -0.368 e. The van der Waals surface area contributed by atoms with Crippen molar-refractivity contribution in [3.8, 4) is 0 Å². The molecule has 1 aromatic heterocycles. The zero-order chi connectivity index (χ0) is 15.6. The molecule has 1 unspecified atom stereocenters. The first kappa shape index (κ1) is 16.4. The Morgan fingerprint density at radius 3 is 2.43 bits per heavy atom. The third kappa shape index (κ3) is 3.45. The molecule has 1 fully saturated rings. The average Bonchev–Trinajstić information content (AvgIpc) is 2.96. The van der Waals surface area contributed by atoms with E-state index < -0.39 is 10.0 Å². The van der Waals surface area contributed by atoms with E-state index >= 15 is 0 Å². The molecule has 2 N–H and O–H groups in total. The van der Waals surface area contributed by atoms with Crippen molar-refractivity contribution in [1.82, 2.24) is 9.21 Å². The second-order valence-corrected chi connectivity index (χ2v) is 8.43. The van der Waals surface area contributed by atoms with Gasteiger partial charge in [0, 0.05) is 31.1 Å². The molecule has 2 rings (SSSR count). The van der Waals surface area contributed by atoms with Gasteiger partial charge in [0.05, 0.1) is 6.04 Å². The smallest absolute Gasteiger partial charge is 0.252 e. The summed E-state index contributed by atoms with van der Waals surface area (Å²) in [6, 6.07) is 3.18. The molecule has 1 amide bonds. The molecule has 21 heavy (non-hydrogen) atoms. The fraction of sp³-hybridized carbons (Fsp3) is 0.615. The number of piperazine rings is 1. The van der Waals surface area contributed by atoms with Crippen LogP contribution in [0.2, 0.25) is 0 Å². The number of carbonyl (C=O) groups excluding carboxylic acids is 1. The van der Waals surface area contributed by atoms with Crippen LogP contribution in [-0.4, -0.2) is 55.8 Å². The number of thiophene rings is 1. The first-order valence-corrected chi connectivity index (χ1v) is 9.24. The highest BCUT2D eigenvalue weighted by Crippen LogP contribution is 2.26. The largest absolute Gasteiger partial charge is 0.368 e. The fourth-order valence-corrected chi connectivity index (χ4v) is 5.20. The number of nitrogens with two attached hydrogens (primary N) is 1. The maximum absolute atomic E-state index is 12.6. The lowest BCUT2D eigenvalue weighted by atomic mass is 10.2. The van der Waals surface area contributed by atoms with Crippen LogP contribution in [0.25, 0.3) is 0 Å². The van der Waals surface area contributed by atoms with Crippen LogP contribution < -0.4 is 5.73 Å². The zero-order valence-electron chi connectivity index (χ0n) is 12.3. The number of nitrogens with zero attached hydrogens (tertiary/aromatic N) is 2. The molecule has 2 heterocycles. The lowest BCUT2D eigenvalue weighted by Crippen LogP contribution is -2.54. The van der Waals surface area contributed by atoms with E-state index in [1.807, 2.05) is 17.9 Å². The molecule has 6 nitrogen and oxygen atoms in total. The van der Waals surface area contributed by atoms with E-state index in [0.29, 0.717) is 30.4 Å². The van der Waals surface area contributed by atoms with E-state index in [1.165, 1.54) is 15.6 Å². The number of amides is 1. The predicted octanol–water partition coefficient (Wildman–Crippen LogP) is 0.491. The van der Waals surface area contributed by atoms with E-state index in [4.69, 9.17) is 5.73 Å². The van der Waals surface area contributed by atoms with Gasteiger partial charge in [-0.3, -0.25) is 9.69 Å². The van der Waals surface area contributed by atoms with Crippen molar-refractivity contribution in [1.29, 1.82) is 0 Å². The van der Waals surface area contributed by atoms with E-state index in [9.17, 15) is 13.2 Å². The fourth-order valence-electron chi connectivity index (χ4n) is 2.33. The third-order valence-electron chi connectivity index (χ3n) is 3.81. The molecule has 1 aliphatic rings. The van der Waals surface area contributed by atoms with Crippen molar-refractivity contribution < 1.29 is 13.2 Å². The molecule has 8 heteroatoms. The normalized spacial score (nSPS) is 19.5. The Kier molecular flexibility index (Phi) is 5.03. The highest BCUT2D eigenvalue weighted by atomic mass is 32.2. The van der Waals surface area contributed by atoms with Crippen LogP contribution in [0.5, 0.6) is 0 Å². The summed E-state index contributed by atoms with van der Waals surface area (Å²) >= 11 is 1.33. The topological polar surface area (TPSA) is 83.7 Å². The monoisotopic (exact) mass is 331 g/mol. The minimum absolute atomic E-state index is 0.358. The van der Waals surface area contributed by atoms with Crippen LogP contribution in [0.3, 0.4) is 0 Å². The van der Waals surface area contributed by atoms with Gasteiger partial charge in [-0.05, 0) is 25.5 Å². The summed E-state index contributed by atoms with van der Waals surface area (Å²) in [5, 5.41) is 0. The Bertz CT molecular complexity index is 604. The molecule has 0 saturated carbocycles. The van der Waals surface area contributed by atoms with Crippen molar-refractivity contribution in [2.75, 3.05) is 26.2 Å². The number of aryl methyl sites for hydroxylation is 1. The van der Waals surface area contributed by atoms with Crippen LogP contribution in [0, 0.1) is 0 Å². The Morgan fingerprint density at radius 2 is 1.95 bits per heavy atom. The molecule has 1 aromatic rings. The Hall–Kier alpha value is -0.960. The second kappa shape index (κ2) is 6.43. The predicted molar refractivity (Wildman–Crippen MR) is 82.7 cm³/mol. The average molecular weight is 331 g/mol. The van der Waals surface area contributed by atoms with Gasteiger partial charge in [0.1, 0.15) is 4.21 Å². The van der Waals surface area contributed by atoms with Gasteiger partial charge in [0.2, 0.25) is 5.91 Å². The molecule has 0 radical (unpaired) electrons. The van der Waals surface area contributed by atoms with Crippen LogP contribution >= 0.6 is 11.3 Å². The Morgan fingerprint density at radius 1 is 1.33 bits per heavy atom. The summed E-state index contributed by atoms with van der Waals surface area (Å²) in [5.74, 6) is -0.378. The van der Waals surface area contributed by atoms with Gasteiger partial charge in [0.25, 0.3) is 10.0 Å². The summed E-state index contributed by atoms with van der Waals surface area (Å²) in [6.07, 6.45) is 0.837.